The first-order valence-corrected chi connectivity index (χ1v) is 10.1. The van der Waals surface area contributed by atoms with E-state index in [0.29, 0.717) is 25.9 Å². The largest absolute Gasteiger partial charge is 0.444 e. The smallest absolute Gasteiger partial charge is 0.410 e. The van der Waals surface area contributed by atoms with Crippen LogP contribution >= 0.6 is 0 Å². The third-order valence-electron chi connectivity index (χ3n) is 5.65. The van der Waals surface area contributed by atoms with E-state index in [-0.39, 0.29) is 24.0 Å². The summed E-state index contributed by atoms with van der Waals surface area (Å²) in [6.45, 7) is 6.79. The van der Waals surface area contributed by atoms with E-state index in [4.69, 9.17) is 4.74 Å². The summed E-state index contributed by atoms with van der Waals surface area (Å²) in [6.07, 6.45) is 4.38. The lowest BCUT2D eigenvalue weighted by Gasteiger charge is -2.38. The summed E-state index contributed by atoms with van der Waals surface area (Å²) in [7, 11) is 1.94. The molecule has 0 N–H and O–H groups in total. The number of hydrogen-bond acceptors (Lipinski definition) is 3. The van der Waals surface area contributed by atoms with Gasteiger partial charge in [0.2, 0.25) is 5.91 Å². The quantitative estimate of drug-likeness (QED) is 0.783. The molecule has 1 atom stereocenters. The Morgan fingerprint density at radius 1 is 1.11 bits per heavy atom. The van der Waals surface area contributed by atoms with E-state index in [9.17, 15) is 9.59 Å². The second kappa shape index (κ2) is 7.91. The lowest BCUT2D eigenvalue weighted by atomic mass is 9.86. The van der Waals surface area contributed by atoms with E-state index in [0.717, 1.165) is 19.3 Å². The number of piperidine rings is 1. The zero-order valence-electron chi connectivity index (χ0n) is 17.0. The average Bonchev–Trinajstić information content (AvgIpc) is 2.65. The first-order chi connectivity index (χ1) is 12.8. The van der Waals surface area contributed by atoms with Gasteiger partial charge in [-0.25, -0.2) is 4.79 Å². The van der Waals surface area contributed by atoms with Crippen LogP contribution in [-0.4, -0.2) is 47.5 Å². The van der Waals surface area contributed by atoms with Gasteiger partial charge in [0.15, 0.2) is 0 Å². The second-order valence-corrected chi connectivity index (χ2v) is 8.80. The van der Waals surface area contributed by atoms with E-state index in [2.05, 4.69) is 24.3 Å². The molecule has 1 aromatic rings. The Kier molecular flexibility index (Phi) is 5.78. The van der Waals surface area contributed by atoms with Crippen LogP contribution in [0.5, 0.6) is 0 Å². The van der Waals surface area contributed by atoms with Crippen LogP contribution < -0.4 is 0 Å². The Bertz CT molecular complexity index is 687. The number of likely N-dealkylation sites (tertiary alicyclic amines) is 1. The zero-order chi connectivity index (χ0) is 19.6. The lowest BCUT2D eigenvalue weighted by Crippen LogP contribution is -2.46. The van der Waals surface area contributed by atoms with Crippen molar-refractivity contribution in [2.24, 2.45) is 5.92 Å². The predicted molar refractivity (Wildman–Crippen MR) is 105 cm³/mol. The zero-order valence-corrected chi connectivity index (χ0v) is 17.0. The summed E-state index contributed by atoms with van der Waals surface area (Å²) in [4.78, 5) is 29.0. The van der Waals surface area contributed by atoms with Crippen molar-refractivity contribution in [1.29, 1.82) is 0 Å². The number of fused-ring (bicyclic) bond motifs is 1. The molecule has 1 aromatic carbocycles. The maximum absolute atomic E-state index is 13.1. The average molecular weight is 373 g/mol. The van der Waals surface area contributed by atoms with Crippen molar-refractivity contribution in [2.45, 2.75) is 64.5 Å². The molecule has 0 spiro atoms. The van der Waals surface area contributed by atoms with Crippen molar-refractivity contribution in [3.63, 3.8) is 0 Å². The fourth-order valence-corrected chi connectivity index (χ4v) is 4.21. The Labute approximate surface area is 162 Å². The number of benzene rings is 1. The molecule has 0 bridgehead atoms. The minimum absolute atomic E-state index is 0.0113. The van der Waals surface area contributed by atoms with Crippen molar-refractivity contribution < 1.29 is 14.3 Å². The number of aryl methyl sites for hydroxylation is 1. The van der Waals surface area contributed by atoms with E-state index in [1.807, 2.05) is 32.7 Å². The lowest BCUT2D eigenvalue weighted by molar-refractivity contribution is -0.138. The minimum Gasteiger partial charge on any atom is -0.444 e. The second-order valence-electron chi connectivity index (χ2n) is 8.80. The normalized spacial score (nSPS) is 20.7. The molecule has 3 rings (SSSR count). The molecule has 5 nitrogen and oxygen atoms in total. The Morgan fingerprint density at radius 3 is 2.44 bits per heavy atom. The van der Waals surface area contributed by atoms with Crippen molar-refractivity contribution in [3.8, 4) is 0 Å². The molecule has 0 saturated carbocycles. The molecule has 27 heavy (non-hydrogen) atoms. The number of ether oxygens (including phenoxy) is 1. The van der Waals surface area contributed by atoms with E-state index in [1.54, 1.807) is 4.90 Å². The van der Waals surface area contributed by atoms with Crippen LogP contribution in [0.1, 0.15) is 63.6 Å². The Morgan fingerprint density at radius 2 is 1.78 bits per heavy atom. The monoisotopic (exact) mass is 372 g/mol. The summed E-state index contributed by atoms with van der Waals surface area (Å²) >= 11 is 0. The molecule has 5 heteroatoms. The standard InChI is InChI=1S/C22H32N2O3/c1-22(2,3)27-21(26)24-14-12-17(13-15-24)20(25)23(4)19-11-7-9-16-8-5-6-10-18(16)19/h5-6,8,10,17,19H,7,9,11-15H2,1-4H3. The van der Waals surface area contributed by atoms with Crippen molar-refractivity contribution >= 4 is 12.0 Å². The fourth-order valence-electron chi connectivity index (χ4n) is 4.21. The maximum atomic E-state index is 13.1. The van der Waals surface area contributed by atoms with E-state index < -0.39 is 5.60 Å². The number of amides is 2. The maximum Gasteiger partial charge on any atom is 0.410 e. The molecule has 1 unspecified atom stereocenters. The summed E-state index contributed by atoms with van der Waals surface area (Å²) < 4.78 is 5.45. The molecular formula is C22H32N2O3. The first kappa shape index (κ1) is 19.7. The van der Waals surface area contributed by atoms with Crippen LogP contribution in [0.25, 0.3) is 0 Å². The molecular weight excluding hydrogens is 340 g/mol. The van der Waals surface area contributed by atoms with Gasteiger partial charge >= 0.3 is 6.09 Å². The van der Waals surface area contributed by atoms with Gasteiger partial charge in [0, 0.05) is 26.1 Å². The molecule has 1 aliphatic heterocycles. The van der Waals surface area contributed by atoms with E-state index >= 15 is 0 Å². The van der Waals surface area contributed by atoms with Crippen molar-refractivity contribution in [2.75, 3.05) is 20.1 Å². The fraction of sp³-hybridized carbons (Fsp3) is 0.636. The number of carbonyl (C=O) groups is 2. The van der Waals surface area contributed by atoms with Crippen LogP contribution in [0.15, 0.2) is 24.3 Å². The van der Waals surface area contributed by atoms with Crippen LogP contribution in [0.4, 0.5) is 4.79 Å². The van der Waals surface area contributed by atoms with Crippen molar-refractivity contribution in [1.82, 2.24) is 9.80 Å². The topological polar surface area (TPSA) is 49.9 Å². The molecule has 1 fully saturated rings. The Balaban J connectivity index is 1.59. The van der Waals surface area contributed by atoms with Crippen LogP contribution in [0.3, 0.4) is 0 Å². The Hall–Kier alpha value is -2.04. The summed E-state index contributed by atoms with van der Waals surface area (Å²) in [6, 6.07) is 8.66. The predicted octanol–water partition coefficient (Wildman–Crippen LogP) is 4.17. The van der Waals surface area contributed by atoms with Gasteiger partial charge < -0.3 is 14.5 Å². The molecule has 2 aliphatic rings. The first-order valence-electron chi connectivity index (χ1n) is 10.1. The van der Waals surface area contributed by atoms with Gasteiger partial charge in [-0.2, -0.15) is 0 Å². The molecule has 1 aliphatic carbocycles. The van der Waals surface area contributed by atoms with Crippen LogP contribution in [0.2, 0.25) is 0 Å². The third-order valence-corrected chi connectivity index (χ3v) is 5.65. The third kappa shape index (κ3) is 4.63. The molecule has 1 saturated heterocycles. The highest BCUT2D eigenvalue weighted by atomic mass is 16.6. The van der Waals surface area contributed by atoms with Gasteiger partial charge in [0.25, 0.3) is 0 Å². The SMILES string of the molecule is CN(C(=O)C1CCN(C(=O)OC(C)(C)C)CC1)C1CCCc2ccccc21. The van der Waals surface area contributed by atoms with Crippen molar-refractivity contribution in [3.05, 3.63) is 35.4 Å². The molecule has 148 valence electrons. The van der Waals surface area contributed by atoms with Crippen LogP contribution in [0, 0.1) is 5.92 Å². The number of rotatable bonds is 2. The molecule has 0 aromatic heterocycles. The highest BCUT2D eigenvalue weighted by Crippen LogP contribution is 2.35. The number of hydrogen-bond donors (Lipinski definition) is 0. The molecule has 1 heterocycles. The summed E-state index contributed by atoms with van der Waals surface area (Å²) in [5, 5.41) is 0. The van der Waals surface area contributed by atoms with Gasteiger partial charge in [-0.05, 0) is 64.0 Å². The number of carbonyl (C=O) groups excluding carboxylic acids is 2. The molecule has 2 amide bonds. The van der Waals surface area contributed by atoms with Gasteiger partial charge in [-0.15, -0.1) is 0 Å². The van der Waals surface area contributed by atoms with Gasteiger partial charge in [0.05, 0.1) is 6.04 Å². The highest BCUT2D eigenvalue weighted by Gasteiger charge is 2.34. The molecule has 0 radical (unpaired) electrons. The van der Waals surface area contributed by atoms with Gasteiger partial charge in [0.1, 0.15) is 5.60 Å². The summed E-state index contributed by atoms with van der Waals surface area (Å²) in [5.41, 5.74) is 2.18. The highest BCUT2D eigenvalue weighted by molar-refractivity contribution is 5.79. The number of nitrogens with zero attached hydrogens (tertiary/aromatic N) is 2. The van der Waals surface area contributed by atoms with Crippen LogP contribution in [-0.2, 0) is 16.0 Å². The van der Waals surface area contributed by atoms with Gasteiger partial charge in [-0.1, -0.05) is 24.3 Å². The summed E-state index contributed by atoms with van der Waals surface area (Å²) in [5.74, 6) is 0.198. The van der Waals surface area contributed by atoms with E-state index in [1.165, 1.54) is 11.1 Å². The minimum atomic E-state index is -0.488. The van der Waals surface area contributed by atoms with Gasteiger partial charge in [-0.3, -0.25) is 4.79 Å².